The molecule has 2 heterocycles. The van der Waals surface area contributed by atoms with Gasteiger partial charge in [0.25, 0.3) is 5.56 Å². The lowest BCUT2D eigenvalue weighted by molar-refractivity contribution is -0.120. The van der Waals surface area contributed by atoms with E-state index in [9.17, 15) is 14.0 Å². The number of halogens is 1. The normalized spacial score (nSPS) is 10.9. The molecule has 0 bridgehead atoms. The number of hydrogen-bond donors (Lipinski definition) is 1. The molecular formula is C18H17FN4O3. The van der Waals surface area contributed by atoms with Gasteiger partial charge in [0.05, 0.1) is 16.8 Å². The van der Waals surface area contributed by atoms with Crippen molar-refractivity contribution >= 4 is 22.6 Å². The molecule has 0 saturated carbocycles. The highest BCUT2D eigenvalue weighted by Crippen LogP contribution is 2.19. The van der Waals surface area contributed by atoms with Crippen molar-refractivity contribution in [2.45, 2.75) is 13.8 Å². The maximum Gasteiger partial charge on any atom is 0.267 e. The lowest BCUT2D eigenvalue weighted by atomic mass is 10.2. The van der Waals surface area contributed by atoms with Crippen molar-refractivity contribution in [2.24, 2.45) is 0 Å². The minimum Gasteiger partial charge on any atom is -0.372 e. The molecule has 1 amide bonds. The van der Waals surface area contributed by atoms with Crippen molar-refractivity contribution in [1.29, 1.82) is 0 Å². The number of carbonyl (C=O) groups excluding carboxylic acids is 1. The average Bonchev–Trinajstić information content (AvgIpc) is 2.62. The van der Waals surface area contributed by atoms with Gasteiger partial charge in [-0.05, 0) is 44.2 Å². The van der Waals surface area contributed by atoms with Gasteiger partial charge in [0, 0.05) is 12.8 Å². The van der Waals surface area contributed by atoms with Crippen molar-refractivity contribution < 1.29 is 13.9 Å². The van der Waals surface area contributed by atoms with E-state index >= 15 is 0 Å². The largest absolute Gasteiger partial charge is 0.372 e. The summed E-state index contributed by atoms with van der Waals surface area (Å²) in [6.07, 6.45) is 1.56. The van der Waals surface area contributed by atoms with Gasteiger partial charge in [-0.3, -0.25) is 14.2 Å². The molecule has 7 nitrogen and oxygen atoms in total. The zero-order valence-electron chi connectivity index (χ0n) is 14.3. The molecule has 0 fully saturated rings. The number of nitrogens with one attached hydrogen (secondary N) is 1. The third-order valence-electron chi connectivity index (χ3n) is 3.73. The predicted molar refractivity (Wildman–Crippen MR) is 95.0 cm³/mol. The minimum atomic E-state index is -0.611. The molecule has 1 aromatic carbocycles. The number of aromatic nitrogens is 3. The van der Waals surface area contributed by atoms with Gasteiger partial charge in [-0.25, -0.2) is 14.4 Å². The molecule has 0 aliphatic carbocycles. The van der Waals surface area contributed by atoms with Crippen LogP contribution in [0.25, 0.3) is 16.7 Å². The number of fused-ring (bicyclic) bond motifs is 1. The Morgan fingerprint density at radius 2 is 2.15 bits per heavy atom. The monoisotopic (exact) mass is 356 g/mol. The number of hydrogen-bond acceptors (Lipinski definition) is 5. The summed E-state index contributed by atoms with van der Waals surface area (Å²) in [5.41, 5.74) is 0.376. The zero-order valence-corrected chi connectivity index (χ0v) is 14.3. The van der Waals surface area contributed by atoms with Gasteiger partial charge in [-0.15, -0.1) is 0 Å². The Hall–Kier alpha value is -3.13. The third-order valence-corrected chi connectivity index (χ3v) is 3.73. The summed E-state index contributed by atoms with van der Waals surface area (Å²) in [5, 5.41) is 2.80. The Morgan fingerprint density at radius 1 is 1.35 bits per heavy atom. The van der Waals surface area contributed by atoms with Gasteiger partial charge in [-0.1, -0.05) is 0 Å². The van der Waals surface area contributed by atoms with Crippen LogP contribution in [0.3, 0.4) is 0 Å². The number of nitrogens with zero attached hydrogens (tertiary/aromatic N) is 3. The summed E-state index contributed by atoms with van der Waals surface area (Å²) >= 11 is 0. The van der Waals surface area contributed by atoms with E-state index < -0.39 is 11.7 Å². The summed E-state index contributed by atoms with van der Waals surface area (Å²) in [5.74, 6) is -0.688. The fraction of sp³-hybridized carbons (Fsp3) is 0.222. The second-order valence-corrected chi connectivity index (χ2v) is 5.52. The maximum atomic E-state index is 14.1. The van der Waals surface area contributed by atoms with Crippen molar-refractivity contribution in [2.75, 3.05) is 18.5 Å². The van der Waals surface area contributed by atoms with E-state index in [-0.39, 0.29) is 17.9 Å². The average molecular weight is 356 g/mol. The SMILES string of the molecule is CCOCC(=O)Nc1cc(-n2c(C)nc3ncccc3c2=O)ccc1F. The van der Waals surface area contributed by atoms with Crippen LogP contribution in [0.15, 0.2) is 41.3 Å². The highest BCUT2D eigenvalue weighted by atomic mass is 19.1. The lowest BCUT2D eigenvalue weighted by Crippen LogP contribution is -2.23. The Bertz CT molecular complexity index is 1030. The number of anilines is 1. The summed E-state index contributed by atoms with van der Waals surface area (Å²) in [6, 6.07) is 7.30. The van der Waals surface area contributed by atoms with E-state index in [0.29, 0.717) is 29.2 Å². The van der Waals surface area contributed by atoms with Gasteiger partial charge in [0.1, 0.15) is 18.2 Å². The first-order chi connectivity index (χ1) is 12.5. The Labute approximate surface area is 148 Å². The number of pyridine rings is 1. The van der Waals surface area contributed by atoms with Crippen molar-refractivity contribution in [1.82, 2.24) is 14.5 Å². The molecule has 0 unspecified atom stereocenters. The summed E-state index contributed by atoms with van der Waals surface area (Å²) in [7, 11) is 0. The highest BCUT2D eigenvalue weighted by molar-refractivity contribution is 5.92. The van der Waals surface area contributed by atoms with Crippen LogP contribution in [0, 0.1) is 12.7 Å². The van der Waals surface area contributed by atoms with Crippen LogP contribution < -0.4 is 10.9 Å². The van der Waals surface area contributed by atoms with Crippen LogP contribution >= 0.6 is 0 Å². The van der Waals surface area contributed by atoms with Gasteiger partial charge in [0.2, 0.25) is 5.91 Å². The van der Waals surface area contributed by atoms with E-state index in [1.807, 2.05) is 0 Å². The summed E-state index contributed by atoms with van der Waals surface area (Å²) in [4.78, 5) is 33.0. The topological polar surface area (TPSA) is 86.1 Å². The first-order valence-electron chi connectivity index (χ1n) is 8.03. The predicted octanol–water partition coefficient (Wildman–Crippen LogP) is 2.20. The van der Waals surface area contributed by atoms with E-state index in [2.05, 4.69) is 15.3 Å². The van der Waals surface area contributed by atoms with Crippen molar-refractivity contribution in [3.63, 3.8) is 0 Å². The molecule has 0 aliphatic rings. The van der Waals surface area contributed by atoms with Crippen LogP contribution in [0.4, 0.5) is 10.1 Å². The second-order valence-electron chi connectivity index (χ2n) is 5.52. The van der Waals surface area contributed by atoms with Crippen LogP contribution in [0.5, 0.6) is 0 Å². The number of rotatable bonds is 5. The number of benzene rings is 1. The molecule has 0 spiro atoms. The first kappa shape index (κ1) is 17.7. The lowest BCUT2D eigenvalue weighted by Gasteiger charge is -2.13. The molecule has 0 radical (unpaired) electrons. The van der Waals surface area contributed by atoms with Crippen LogP contribution in [-0.2, 0) is 9.53 Å². The van der Waals surface area contributed by atoms with Crippen molar-refractivity contribution in [3.05, 3.63) is 58.5 Å². The zero-order chi connectivity index (χ0) is 18.7. The molecule has 0 saturated heterocycles. The number of amides is 1. The van der Waals surface area contributed by atoms with Crippen LogP contribution in [0.2, 0.25) is 0 Å². The third kappa shape index (κ3) is 3.45. The number of carbonyl (C=O) groups is 1. The molecular weight excluding hydrogens is 339 g/mol. The maximum absolute atomic E-state index is 14.1. The van der Waals surface area contributed by atoms with E-state index in [0.717, 1.165) is 0 Å². The quantitative estimate of drug-likeness (QED) is 0.757. The molecule has 1 N–H and O–H groups in total. The van der Waals surface area contributed by atoms with Crippen molar-refractivity contribution in [3.8, 4) is 5.69 Å². The smallest absolute Gasteiger partial charge is 0.267 e. The molecule has 0 aliphatic heterocycles. The van der Waals surface area contributed by atoms with E-state index in [1.165, 1.54) is 22.8 Å². The fourth-order valence-electron chi connectivity index (χ4n) is 2.56. The molecule has 3 aromatic rings. The molecule has 2 aromatic heterocycles. The first-order valence-corrected chi connectivity index (χ1v) is 8.03. The van der Waals surface area contributed by atoms with Gasteiger partial charge < -0.3 is 10.1 Å². The standard InChI is InChI=1S/C18H17FN4O3/c1-3-26-10-16(24)22-15-9-12(6-7-14(15)19)23-11(2)21-17-13(18(23)25)5-4-8-20-17/h4-9H,3,10H2,1-2H3,(H,22,24). The van der Waals surface area contributed by atoms with E-state index in [1.54, 1.807) is 32.2 Å². The minimum absolute atomic E-state index is 0.0372. The van der Waals surface area contributed by atoms with Gasteiger partial charge >= 0.3 is 0 Å². The second kappa shape index (κ2) is 7.40. The highest BCUT2D eigenvalue weighted by Gasteiger charge is 2.13. The van der Waals surface area contributed by atoms with Crippen LogP contribution in [-0.4, -0.2) is 33.7 Å². The molecule has 134 valence electrons. The molecule has 26 heavy (non-hydrogen) atoms. The molecule has 3 rings (SSSR count). The van der Waals surface area contributed by atoms with Gasteiger partial charge in [-0.2, -0.15) is 0 Å². The van der Waals surface area contributed by atoms with E-state index in [4.69, 9.17) is 4.74 Å². The summed E-state index contributed by atoms with van der Waals surface area (Å²) < 4.78 is 20.4. The molecule has 0 atom stereocenters. The van der Waals surface area contributed by atoms with Crippen LogP contribution in [0.1, 0.15) is 12.7 Å². The number of aryl methyl sites for hydroxylation is 1. The number of ether oxygens (including phenoxy) is 1. The summed E-state index contributed by atoms with van der Waals surface area (Å²) in [6.45, 7) is 3.61. The Morgan fingerprint density at radius 3 is 2.92 bits per heavy atom. The Balaban J connectivity index is 2.05. The molecule has 8 heteroatoms. The van der Waals surface area contributed by atoms with Gasteiger partial charge in [0.15, 0.2) is 5.65 Å². The fourth-order valence-corrected chi connectivity index (χ4v) is 2.56. The Kier molecular flexibility index (Phi) is 5.04.